The van der Waals surface area contributed by atoms with Crippen molar-refractivity contribution >= 4 is 11.7 Å². The van der Waals surface area contributed by atoms with Gasteiger partial charge in [0.1, 0.15) is 6.10 Å². The van der Waals surface area contributed by atoms with Gasteiger partial charge in [-0.25, -0.2) is 9.78 Å². The summed E-state index contributed by atoms with van der Waals surface area (Å²) in [4.78, 5) is 14.8. The quantitative estimate of drug-likeness (QED) is 0.812. The summed E-state index contributed by atoms with van der Waals surface area (Å²) >= 11 is 0. The highest BCUT2D eigenvalue weighted by atomic mass is 16.5. The van der Waals surface area contributed by atoms with Crippen molar-refractivity contribution in [2.45, 2.75) is 31.8 Å². The average molecular weight is 222 g/mol. The lowest BCUT2D eigenvalue weighted by atomic mass is 10.2. The summed E-state index contributed by atoms with van der Waals surface area (Å²) < 4.78 is 5.59. The fraction of sp³-hybridized carbons (Fsp3) is 0.455. The van der Waals surface area contributed by atoms with E-state index < -0.39 is 5.97 Å². The Morgan fingerprint density at radius 3 is 2.81 bits per heavy atom. The number of anilines is 1. The van der Waals surface area contributed by atoms with Crippen LogP contribution < -0.4 is 10.5 Å². The molecule has 1 aliphatic rings. The first-order chi connectivity index (χ1) is 7.66. The van der Waals surface area contributed by atoms with E-state index in [1.54, 1.807) is 0 Å². The van der Waals surface area contributed by atoms with E-state index in [-0.39, 0.29) is 17.4 Å². The van der Waals surface area contributed by atoms with Gasteiger partial charge in [-0.1, -0.05) is 0 Å². The van der Waals surface area contributed by atoms with Gasteiger partial charge < -0.3 is 15.6 Å². The predicted molar refractivity (Wildman–Crippen MR) is 58.5 cm³/mol. The predicted octanol–water partition coefficient (Wildman–Crippen LogP) is 1.68. The SMILES string of the molecule is Nc1cnc(OC2CCCC2)cc1C(=O)O. The molecule has 0 bridgehead atoms. The first-order valence-corrected chi connectivity index (χ1v) is 5.32. The molecule has 0 saturated heterocycles. The number of carbonyl (C=O) groups is 1. The molecule has 0 aliphatic heterocycles. The molecule has 1 aliphatic carbocycles. The molecule has 1 fully saturated rings. The second kappa shape index (κ2) is 4.38. The van der Waals surface area contributed by atoms with Gasteiger partial charge in [0.05, 0.1) is 17.4 Å². The monoisotopic (exact) mass is 222 g/mol. The van der Waals surface area contributed by atoms with Gasteiger partial charge >= 0.3 is 5.97 Å². The molecule has 5 heteroatoms. The van der Waals surface area contributed by atoms with E-state index in [1.165, 1.54) is 12.3 Å². The summed E-state index contributed by atoms with van der Waals surface area (Å²) in [7, 11) is 0. The van der Waals surface area contributed by atoms with Crippen molar-refractivity contribution in [2.24, 2.45) is 0 Å². The average Bonchev–Trinajstić information content (AvgIpc) is 2.73. The van der Waals surface area contributed by atoms with Crippen LogP contribution in [0.4, 0.5) is 5.69 Å². The Hall–Kier alpha value is -1.78. The van der Waals surface area contributed by atoms with Gasteiger partial charge in [-0.3, -0.25) is 0 Å². The van der Waals surface area contributed by atoms with Gasteiger partial charge in [0.15, 0.2) is 0 Å². The zero-order valence-electron chi connectivity index (χ0n) is 8.85. The topological polar surface area (TPSA) is 85.4 Å². The summed E-state index contributed by atoms with van der Waals surface area (Å²) in [6.07, 6.45) is 5.82. The molecule has 0 amide bonds. The Kier molecular flexibility index (Phi) is 2.94. The van der Waals surface area contributed by atoms with Crippen LogP contribution in [0.25, 0.3) is 0 Å². The standard InChI is InChI=1S/C11H14N2O3/c12-9-6-13-10(5-8(9)11(14)15)16-7-3-1-2-4-7/h5-7H,1-4,12H2,(H,14,15). The molecule has 16 heavy (non-hydrogen) atoms. The number of nitrogen functional groups attached to an aromatic ring is 1. The molecule has 0 atom stereocenters. The Morgan fingerprint density at radius 1 is 1.50 bits per heavy atom. The summed E-state index contributed by atoms with van der Waals surface area (Å²) in [5, 5.41) is 8.89. The first-order valence-electron chi connectivity index (χ1n) is 5.32. The van der Waals surface area contributed by atoms with Crippen LogP contribution >= 0.6 is 0 Å². The summed E-state index contributed by atoms with van der Waals surface area (Å²) in [6, 6.07) is 1.38. The zero-order chi connectivity index (χ0) is 11.5. The van der Waals surface area contributed by atoms with Crippen molar-refractivity contribution in [3.8, 4) is 5.88 Å². The second-order valence-corrected chi connectivity index (χ2v) is 3.94. The van der Waals surface area contributed by atoms with Gasteiger partial charge in [-0.15, -0.1) is 0 Å². The number of hydrogen-bond acceptors (Lipinski definition) is 4. The molecular formula is C11H14N2O3. The highest BCUT2D eigenvalue weighted by molar-refractivity contribution is 5.93. The largest absolute Gasteiger partial charge is 0.478 e. The van der Waals surface area contributed by atoms with E-state index in [0.717, 1.165) is 25.7 Å². The third kappa shape index (κ3) is 2.24. The molecule has 0 radical (unpaired) electrons. The summed E-state index contributed by atoms with van der Waals surface area (Å²) in [5.41, 5.74) is 5.70. The lowest BCUT2D eigenvalue weighted by molar-refractivity contribution is 0.0697. The van der Waals surface area contributed by atoms with E-state index in [9.17, 15) is 4.79 Å². The van der Waals surface area contributed by atoms with Gasteiger partial charge in [0, 0.05) is 6.07 Å². The van der Waals surface area contributed by atoms with E-state index in [0.29, 0.717) is 5.88 Å². The van der Waals surface area contributed by atoms with Gasteiger partial charge in [-0.05, 0) is 25.7 Å². The van der Waals surface area contributed by atoms with Crippen LogP contribution in [-0.4, -0.2) is 22.2 Å². The molecule has 1 aromatic heterocycles. The maximum Gasteiger partial charge on any atom is 0.338 e. The van der Waals surface area contributed by atoms with Crippen molar-refractivity contribution in [3.05, 3.63) is 17.8 Å². The lowest BCUT2D eigenvalue weighted by Crippen LogP contribution is -2.13. The van der Waals surface area contributed by atoms with Gasteiger partial charge in [0.2, 0.25) is 5.88 Å². The number of rotatable bonds is 3. The number of carboxylic acids is 1. The molecule has 0 unspecified atom stereocenters. The highest BCUT2D eigenvalue weighted by Gasteiger charge is 2.18. The van der Waals surface area contributed by atoms with Crippen LogP contribution in [0.1, 0.15) is 36.0 Å². The fourth-order valence-corrected chi connectivity index (χ4v) is 1.87. The van der Waals surface area contributed by atoms with Crippen molar-refractivity contribution in [2.75, 3.05) is 5.73 Å². The molecule has 1 aromatic rings. The molecule has 86 valence electrons. The maximum atomic E-state index is 10.8. The van der Waals surface area contributed by atoms with Crippen LogP contribution in [-0.2, 0) is 0 Å². The number of ether oxygens (including phenoxy) is 1. The molecular weight excluding hydrogens is 208 g/mol. The molecule has 1 saturated carbocycles. The lowest BCUT2D eigenvalue weighted by Gasteiger charge is -2.12. The molecule has 3 N–H and O–H groups in total. The number of nitrogens with two attached hydrogens (primary N) is 1. The minimum absolute atomic E-state index is 0.0444. The normalized spacial score (nSPS) is 16.2. The van der Waals surface area contributed by atoms with Gasteiger partial charge in [-0.2, -0.15) is 0 Å². The third-order valence-corrected chi connectivity index (χ3v) is 2.73. The minimum atomic E-state index is -1.06. The van der Waals surface area contributed by atoms with Crippen molar-refractivity contribution in [1.29, 1.82) is 0 Å². The van der Waals surface area contributed by atoms with Crippen molar-refractivity contribution in [1.82, 2.24) is 4.98 Å². The van der Waals surface area contributed by atoms with Crippen molar-refractivity contribution in [3.63, 3.8) is 0 Å². The summed E-state index contributed by atoms with van der Waals surface area (Å²) in [5.74, 6) is -0.713. The van der Waals surface area contributed by atoms with Gasteiger partial charge in [0.25, 0.3) is 0 Å². The molecule has 0 aromatic carbocycles. The number of carboxylic acid groups (broad SMARTS) is 1. The number of pyridine rings is 1. The third-order valence-electron chi connectivity index (χ3n) is 2.73. The number of hydrogen-bond donors (Lipinski definition) is 2. The molecule has 1 heterocycles. The number of aromatic nitrogens is 1. The fourth-order valence-electron chi connectivity index (χ4n) is 1.87. The molecule has 2 rings (SSSR count). The Labute approximate surface area is 93.2 Å². The molecule has 5 nitrogen and oxygen atoms in total. The first kappa shape index (κ1) is 10.7. The van der Waals surface area contributed by atoms with E-state index >= 15 is 0 Å². The van der Waals surface area contributed by atoms with E-state index in [4.69, 9.17) is 15.6 Å². The van der Waals surface area contributed by atoms with E-state index in [2.05, 4.69) is 4.98 Å². The Balaban J connectivity index is 2.15. The smallest absolute Gasteiger partial charge is 0.338 e. The van der Waals surface area contributed by atoms with Crippen LogP contribution in [0, 0.1) is 0 Å². The minimum Gasteiger partial charge on any atom is -0.478 e. The highest BCUT2D eigenvalue weighted by Crippen LogP contribution is 2.24. The molecule has 0 spiro atoms. The van der Waals surface area contributed by atoms with Crippen LogP contribution in [0.2, 0.25) is 0 Å². The van der Waals surface area contributed by atoms with Crippen molar-refractivity contribution < 1.29 is 14.6 Å². The second-order valence-electron chi connectivity index (χ2n) is 3.94. The van der Waals surface area contributed by atoms with Crippen LogP contribution in [0.15, 0.2) is 12.3 Å². The zero-order valence-corrected chi connectivity index (χ0v) is 8.85. The Morgan fingerprint density at radius 2 is 2.19 bits per heavy atom. The van der Waals surface area contributed by atoms with Crippen LogP contribution in [0.3, 0.4) is 0 Å². The van der Waals surface area contributed by atoms with E-state index in [1.807, 2.05) is 0 Å². The maximum absolute atomic E-state index is 10.8. The number of aromatic carboxylic acids is 1. The summed E-state index contributed by atoms with van der Waals surface area (Å²) in [6.45, 7) is 0. The van der Waals surface area contributed by atoms with Crippen LogP contribution in [0.5, 0.6) is 5.88 Å². The number of nitrogens with zero attached hydrogens (tertiary/aromatic N) is 1. The Bertz CT molecular complexity index is 400.